The van der Waals surface area contributed by atoms with Crippen LogP contribution < -0.4 is 10.6 Å². The van der Waals surface area contributed by atoms with E-state index in [1.54, 1.807) is 0 Å². The molecule has 23 heavy (non-hydrogen) atoms. The van der Waals surface area contributed by atoms with Gasteiger partial charge in [0.25, 0.3) is 0 Å². The van der Waals surface area contributed by atoms with E-state index in [-0.39, 0.29) is 11.7 Å². The van der Waals surface area contributed by atoms with Crippen molar-refractivity contribution in [2.24, 2.45) is 0 Å². The Morgan fingerprint density at radius 1 is 1.13 bits per heavy atom. The Bertz CT molecular complexity index is 716. The van der Waals surface area contributed by atoms with Gasteiger partial charge >= 0.3 is 0 Å². The Balaban J connectivity index is 2.10. The quantitative estimate of drug-likeness (QED) is 0.768. The second kappa shape index (κ2) is 7.51. The zero-order valence-corrected chi connectivity index (χ0v) is 14.2. The lowest BCUT2D eigenvalue weighted by Crippen LogP contribution is -2.32. The van der Waals surface area contributed by atoms with Crippen LogP contribution in [0.25, 0.3) is 0 Å². The summed E-state index contributed by atoms with van der Waals surface area (Å²) < 4.78 is 26.6. The highest BCUT2D eigenvalue weighted by Crippen LogP contribution is 2.22. The predicted octanol–water partition coefficient (Wildman–Crippen LogP) is 5.02. The fourth-order valence-corrected chi connectivity index (χ4v) is 2.78. The highest BCUT2D eigenvalue weighted by Gasteiger charge is 2.14. The van der Waals surface area contributed by atoms with E-state index in [9.17, 15) is 8.78 Å². The number of anilines is 1. The summed E-state index contributed by atoms with van der Waals surface area (Å²) in [4.78, 5) is 0. The van der Waals surface area contributed by atoms with Crippen molar-refractivity contribution >= 4 is 23.0 Å². The van der Waals surface area contributed by atoms with Crippen LogP contribution in [-0.2, 0) is 0 Å². The molecule has 0 aliphatic rings. The molecule has 5 heteroatoms. The van der Waals surface area contributed by atoms with Gasteiger partial charge in [-0.3, -0.25) is 0 Å². The molecule has 1 unspecified atom stereocenters. The minimum Gasteiger partial charge on any atom is -0.356 e. The molecule has 1 atom stereocenters. The molecular formula is C18H20F2N2S. The average Bonchev–Trinajstić information content (AvgIpc) is 2.48. The zero-order chi connectivity index (χ0) is 17.0. The molecule has 0 spiro atoms. The van der Waals surface area contributed by atoms with Crippen LogP contribution in [0.15, 0.2) is 36.4 Å². The van der Waals surface area contributed by atoms with Crippen molar-refractivity contribution in [2.45, 2.75) is 33.2 Å². The minimum absolute atomic E-state index is 0.0270. The van der Waals surface area contributed by atoms with E-state index < -0.39 is 11.6 Å². The van der Waals surface area contributed by atoms with Crippen LogP contribution in [0.5, 0.6) is 0 Å². The first-order chi connectivity index (χ1) is 10.9. The number of aryl methyl sites for hydroxylation is 2. The Morgan fingerprint density at radius 2 is 1.87 bits per heavy atom. The smallest absolute Gasteiger partial charge is 0.171 e. The maximum Gasteiger partial charge on any atom is 0.171 e. The van der Waals surface area contributed by atoms with Crippen molar-refractivity contribution in [3.8, 4) is 0 Å². The van der Waals surface area contributed by atoms with Crippen LogP contribution in [0.4, 0.5) is 14.5 Å². The van der Waals surface area contributed by atoms with E-state index >= 15 is 0 Å². The minimum atomic E-state index is -0.672. The van der Waals surface area contributed by atoms with Crippen LogP contribution in [0.3, 0.4) is 0 Å². The van der Waals surface area contributed by atoms with Gasteiger partial charge in [-0.15, -0.1) is 0 Å². The maximum atomic E-state index is 13.7. The molecule has 0 amide bonds. The van der Waals surface area contributed by atoms with Crippen LogP contribution in [0, 0.1) is 25.5 Å². The molecule has 2 nitrogen and oxygen atoms in total. The summed E-state index contributed by atoms with van der Waals surface area (Å²) in [5.74, 6) is -1.29. The largest absolute Gasteiger partial charge is 0.356 e. The van der Waals surface area contributed by atoms with E-state index in [1.165, 1.54) is 23.3 Å². The van der Waals surface area contributed by atoms with E-state index in [4.69, 9.17) is 12.2 Å². The SMILES string of the molecule is CCC(NC(=S)Nc1ccc(F)cc1F)c1ccc(C)cc1C. The molecule has 2 aromatic carbocycles. The number of rotatable bonds is 4. The van der Waals surface area contributed by atoms with E-state index in [2.05, 4.69) is 49.6 Å². The molecule has 0 fully saturated rings. The molecule has 2 rings (SSSR count). The van der Waals surface area contributed by atoms with Crippen molar-refractivity contribution in [3.05, 3.63) is 64.7 Å². The lowest BCUT2D eigenvalue weighted by molar-refractivity contribution is 0.585. The third-order valence-electron chi connectivity index (χ3n) is 3.69. The summed E-state index contributed by atoms with van der Waals surface area (Å²) in [6.45, 7) is 6.16. The molecule has 0 radical (unpaired) electrons. The number of thiocarbonyl (C=S) groups is 1. The first-order valence-electron chi connectivity index (χ1n) is 7.50. The summed E-state index contributed by atoms with van der Waals surface area (Å²) in [7, 11) is 0. The summed E-state index contributed by atoms with van der Waals surface area (Å²) in [5, 5.41) is 6.28. The average molecular weight is 334 g/mol. The van der Waals surface area contributed by atoms with E-state index in [1.807, 2.05) is 0 Å². The molecule has 0 heterocycles. The standard InChI is InChI=1S/C18H20F2N2S/c1-4-16(14-7-5-11(2)9-12(14)3)21-18(23)22-17-8-6-13(19)10-15(17)20/h5-10,16H,4H2,1-3H3,(H2,21,22,23). The van der Waals surface area contributed by atoms with E-state index in [0.717, 1.165) is 18.1 Å². The highest BCUT2D eigenvalue weighted by molar-refractivity contribution is 7.80. The van der Waals surface area contributed by atoms with Crippen molar-refractivity contribution in [1.82, 2.24) is 5.32 Å². The van der Waals surface area contributed by atoms with Gasteiger partial charge in [0, 0.05) is 6.07 Å². The fourth-order valence-electron chi connectivity index (χ4n) is 2.52. The van der Waals surface area contributed by atoms with Gasteiger partial charge in [0.2, 0.25) is 0 Å². The second-order valence-corrected chi connectivity index (χ2v) is 5.95. The van der Waals surface area contributed by atoms with E-state index in [0.29, 0.717) is 5.11 Å². The highest BCUT2D eigenvalue weighted by atomic mass is 32.1. The molecule has 122 valence electrons. The summed E-state index contributed by atoms with van der Waals surface area (Å²) in [6.07, 6.45) is 0.831. The van der Waals surface area contributed by atoms with Crippen molar-refractivity contribution in [3.63, 3.8) is 0 Å². The summed E-state index contributed by atoms with van der Waals surface area (Å²) in [6, 6.07) is 9.63. The number of benzene rings is 2. The Hall–Kier alpha value is -2.01. The molecule has 2 aromatic rings. The third-order valence-corrected chi connectivity index (χ3v) is 3.91. The van der Waals surface area contributed by atoms with Gasteiger partial charge in [0.05, 0.1) is 11.7 Å². The molecule has 0 saturated heterocycles. The normalized spacial score (nSPS) is 11.9. The van der Waals surface area contributed by atoms with Gasteiger partial charge < -0.3 is 10.6 Å². The Labute approximate surface area is 140 Å². The number of halogens is 2. The topological polar surface area (TPSA) is 24.1 Å². The molecule has 0 aromatic heterocycles. The van der Waals surface area contributed by atoms with Gasteiger partial charge in [-0.2, -0.15) is 0 Å². The van der Waals surface area contributed by atoms with Crippen LogP contribution in [-0.4, -0.2) is 5.11 Å². The maximum absolute atomic E-state index is 13.7. The van der Waals surface area contributed by atoms with Gasteiger partial charge in [-0.25, -0.2) is 8.78 Å². The van der Waals surface area contributed by atoms with Gasteiger partial charge in [0.15, 0.2) is 5.11 Å². The Morgan fingerprint density at radius 3 is 2.48 bits per heavy atom. The lowest BCUT2D eigenvalue weighted by Gasteiger charge is -2.22. The van der Waals surface area contributed by atoms with Crippen LogP contribution in [0.2, 0.25) is 0 Å². The van der Waals surface area contributed by atoms with Gasteiger partial charge in [-0.05, 0) is 55.7 Å². The van der Waals surface area contributed by atoms with Crippen molar-refractivity contribution < 1.29 is 8.78 Å². The molecule has 0 aliphatic heterocycles. The van der Waals surface area contributed by atoms with Crippen molar-refractivity contribution in [1.29, 1.82) is 0 Å². The molecule has 0 bridgehead atoms. The second-order valence-electron chi connectivity index (χ2n) is 5.54. The number of hydrogen-bond donors (Lipinski definition) is 2. The van der Waals surface area contributed by atoms with Gasteiger partial charge in [0.1, 0.15) is 11.6 Å². The molecule has 0 aliphatic carbocycles. The number of hydrogen-bond acceptors (Lipinski definition) is 1. The third kappa shape index (κ3) is 4.48. The lowest BCUT2D eigenvalue weighted by atomic mass is 9.98. The molecular weight excluding hydrogens is 314 g/mol. The first kappa shape index (κ1) is 17.3. The predicted molar refractivity (Wildman–Crippen MR) is 94.7 cm³/mol. The molecule has 2 N–H and O–H groups in total. The van der Waals surface area contributed by atoms with Crippen molar-refractivity contribution in [2.75, 3.05) is 5.32 Å². The fraction of sp³-hybridized carbons (Fsp3) is 0.278. The monoisotopic (exact) mass is 334 g/mol. The molecule has 0 saturated carbocycles. The number of nitrogens with one attached hydrogen (secondary N) is 2. The van der Waals surface area contributed by atoms with Crippen LogP contribution >= 0.6 is 12.2 Å². The summed E-state index contributed by atoms with van der Waals surface area (Å²) >= 11 is 5.26. The van der Waals surface area contributed by atoms with Gasteiger partial charge in [-0.1, -0.05) is 30.7 Å². The first-order valence-corrected chi connectivity index (χ1v) is 7.91. The zero-order valence-electron chi connectivity index (χ0n) is 13.4. The summed E-state index contributed by atoms with van der Waals surface area (Å²) in [5.41, 5.74) is 3.69. The van der Waals surface area contributed by atoms with Crippen LogP contribution in [0.1, 0.15) is 36.1 Å². The Kier molecular flexibility index (Phi) is 5.66.